The highest BCUT2D eigenvalue weighted by Crippen LogP contribution is 2.22. The van der Waals surface area contributed by atoms with Gasteiger partial charge in [-0.1, -0.05) is 12.1 Å². The number of benzene rings is 2. The topological polar surface area (TPSA) is 70.0 Å². The average Bonchev–Trinajstić information content (AvgIpc) is 2.43. The summed E-state index contributed by atoms with van der Waals surface area (Å²) in [6.45, 7) is 0. The fourth-order valence-electron chi connectivity index (χ4n) is 1.52. The van der Waals surface area contributed by atoms with Crippen molar-refractivity contribution in [2.75, 3.05) is 4.72 Å². The van der Waals surface area contributed by atoms with E-state index in [9.17, 15) is 17.2 Å². The van der Waals surface area contributed by atoms with Crippen molar-refractivity contribution < 1.29 is 17.2 Å². The van der Waals surface area contributed by atoms with Crippen LogP contribution in [0.4, 0.5) is 14.5 Å². The van der Waals surface area contributed by atoms with Gasteiger partial charge in [-0.05, 0) is 30.3 Å². The van der Waals surface area contributed by atoms with Crippen LogP contribution in [0.2, 0.25) is 0 Å². The molecule has 0 aliphatic carbocycles. The zero-order valence-corrected chi connectivity index (χ0v) is 10.8. The third kappa shape index (κ3) is 2.75. The predicted octanol–water partition coefficient (Wildman–Crippen LogP) is 2.64. The van der Waals surface area contributed by atoms with Gasteiger partial charge in [0.1, 0.15) is 17.3 Å². The summed E-state index contributed by atoms with van der Waals surface area (Å²) in [6, 6.07) is 9.91. The number of rotatable bonds is 3. The van der Waals surface area contributed by atoms with E-state index in [1.54, 1.807) is 6.07 Å². The Hall–Kier alpha value is -2.46. The van der Waals surface area contributed by atoms with Gasteiger partial charge in [-0.3, -0.25) is 4.72 Å². The second-order valence-electron chi connectivity index (χ2n) is 3.84. The van der Waals surface area contributed by atoms with Crippen molar-refractivity contribution in [2.24, 2.45) is 0 Å². The third-order valence-corrected chi connectivity index (χ3v) is 3.82. The summed E-state index contributed by atoms with van der Waals surface area (Å²) in [7, 11) is -4.17. The number of halogens is 2. The number of nitrogens with zero attached hydrogens (tertiary/aromatic N) is 1. The summed E-state index contributed by atoms with van der Waals surface area (Å²) in [5, 5.41) is 8.72. The molecule has 2 aromatic rings. The Labute approximate surface area is 114 Å². The quantitative estimate of drug-likeness (QED) is 0.946. The lowest BCUT2D eigenvalue weighted by Gasteiger charge is -2.09. The molecule has 0 unspecified atom stereocenters. The molecule has 0 aliphatic heterocycles. The van der Waals surface area contributed by atoms with E-state index in [0.717, 1.165) is 24.3 Å². The van der Waals surface area contributed by atoms with Crippen molar-refractivity contribution in [3.63, 3.8) is 0 Å². The summed E-state index contributed by atoms with van der Waals surface area (Å²) in [5.74, 6) is -2.05. The van der Waals surface area contributed by atoms with Crippen molar-refractivity contribution in [3.05, 3.63) is 59.7 Å². The van der Waals surface area contributed by atoms with Gasteiger partial charge in [0, 0.05) is 0 Å². The van der Waals surface area contributed by atoms with E-state index in [4.69, 9.17) is 5.26 Å². The van der Waals surface area contributed by atoms with Crippen LogP contribution < -0.4 is 4.72 Å². The molecular weight excluding hydrogens is 286 g/mol. The minimum Gasteiger partial charge on any atom is -0.274 e. The van der Waals surface area contributed by atoms with E-state index in [2.05, 4.69) is 0 Å². The van der Waals surface area contributed by atoms with Gasteiger partial charge in [-0.2, -0.15) is 5.26 Å². The van der Waals surface area contributed by atoms with Gasteiger partial charge in [0.2, 0.25) is 0 Å². The molecule has 20 heavy (non-hydrogen) atoms. The van der Waals surface area contributed by atoms with E-state index in [-0.39, 0.29) is 10.5 Å². The molecule has 0 aromatic heterocycles. The summed E-state index contributed by atoms with van der Waals surface area (Å²) in [6.07, 6.45) is 0. The maximum absolute atomic E-state index is 13.4. The molecule has 0 amide bonds. The van der Waals surface area contributed by atoms with Crippen molar-refractivity contribution in [1.82, 2.24) is 0 Å². The number of hydrogen-bond acceptors (Lipinski definition) is 3. The molecule has 0 aliphatic rings. The van der Waals surface area contributed by atoms with Crippen molar-refractivity contribution in [2.45, 2.75) is 4.90 Å². The van der Waals surface area contributed by atoms with E-state index in [1.807, 2.05) is 4.72 Å². The third-order valence-electron chi connectivity index (χ3n) is 2.47. The van der Waals surface area contributed by atoms with Crippen molar-refractivity contribution in [3.8, 4) is 6.07 Å². The molecule has 0 saturated carbocycles. The van der Waals surface area contributed by atoms with Gasteiger partial charge in [0.25, 0.3) is 10.0 Å². The maximum atomic E-state index is 13.4. The van der Waals surface area contributed by atoms with Gasteiger partial charge in [-0.25, -0.2) is 17.2 Å². The molecule has 1 N–H and O–H groups in total. The summed E-state index contributed by atoms with van der Waals surface area (Å²) in [5.41, 5.74) is -0.628. The maximum Gasteiger partial charge on any atom is 0.262 e. The fourth-order valence-corrected chi connectivity index (χ4v) is 2.64. The molecule has 0 bridgehead atoms. The van der Waals surface area contributed by atoms with E-state index >= 15 is 0 Å². The number of hydrogen-bond donors (Lipinski definition) is 1. The number of anilines is 1. The Morgan fingerprint density at radius 3 is 2.25 bits per heavy atom. The summed E-state index contributed by atoms with van der Waals surface area (Å²) in [4.78, 5) is -0.251. The molecule has 0 spiro atoms. The highest BCUT2D eigenvalue weighted by Gasteiger charge is 2.19. The van der Waals surface area contributed by atoms with Crippen molar-refractivity contribution >= 4 is 15.7 Å². The van der Waals surface area contributed by atoms with Crippen LogP contribution in [-0.2, 0) is 10.0 Å². The van der Waals surface area contributed by atoms with Gasteiger partial charge in [0.05, 0.1) is 16.5 Å². The molecule has 0 heterocycles. The molecule has 0 radical (unpaired) electrons. The fraction of sp³-hybridized carbons (Fsp3) is 0. The Kier molecular flexibility index (Phi) is 3.68. The average molecular weight is 294 g/mol. The molecule has 102 valence electrons. The Bertz CT molecular complexity index is 778. The largest absolute Gasteiger partial charge is 0.274 e. The first-order chi connectivity index (χ1) is 9.44. The highest BCUT2D eigenvalue weighted by atomic mass is 32.2. The Morgan fingerprint density at radius 2 is 1.65 bits per heavy atom. The standard InChI is InChI=1S/C13H8F2N2O2S/c14-11-5-2-6-12(15)13(11)17-20(18,19)10-4-1-3-9(7-10)8-16/h1-7,17H. The Morgan fingerprint density at radius 1 is 1.05 bits per heavy atom. The zero-order chi connectivity index (χ0) is 14.8. The molecule has 7 heteroatoms. The molecule has 2 rings (SSSR count). The molecule has 0 atom stereocenters. The van der Waals surface area contributed by atoms with E-state index in [1.165, 1.54) is 18.2 Å². The Balaban J connectivity index is 2.44. The molecule has 4 nitrogen and oxygen atoms in total. The summed E-state index contributed by atoms with van der Waals surface area (Å²) >= 11 is 0. The van der Waals surface area contributed by atoms with Crippen LogP contribution in [0.25, 0.3) is 0 Å². The normalized spacial score (nSPS) is 10.8. The number of nitriles is 1. The van der Waals surface area contributed by atoms with Crippen LogP contribution in [0, 0.1) is 23.0 Å². The molecule has 0 saturated heterocycles. The minimum atomic E-state index is -4.17. The van der Waals surface area contributed by atoms with E-state index < -0.39 is 27.3 Å². The van der Waals surface area contributed by atoms with Gasteiger partial charge in [0.15, 0.2) is 0 Å². The van der Waals surface area contributed by atoms with Crippen LogP contribution in [0.5, 0.6) is 0 Å². The first-order valence-electron chi connectivity index (χ1n) is 5.41. The van der Waals surface area contributed by atoms with Crippen LogP contribution in [0.3, 0.4) is 0 Å². The second-order valence-corrected chi connectivity index (χ2v) is 5.52. The monoisotopic (exact) mass is 294 g/mol. The van der Waals surface area contributed by atoms with E-state index in [0.29, 0.717) is 0 Å². The minimum absolute atomic E-state index is 0.127. The van der Waals surface area contributed by atoms with Crippen LogP contribution in [0.15, 0.2) is 47.4 Å². The van der Waals surface area contributed by atoms with Crippen LogP contribution in [0.1, 0.15) is 5.56 Å². The van der Waals surface area contributed by atoms with Crippen LogP contribution in [-0.4, -0.2) is 8.42 Å². The van der Waals surface area contributed by atoms with Crippen LogP contribution >= 0.6 is 0 Å². The van der Waals surface area contributed by atoms with Crippen molar-refractivity contribution in [1.29, 1.82) is 5.26 Å². The zero-order valence-electron chi connectivity index (χ0n) is 9.97. The number of para-hydroxylation sites is 1. The predicted molar refractivity (Wildman–Crippen MR) is 68.3 cm³/mol. The molecule has 2 aromatic carbocycles. The highest BCUT2D eigenvalue weighted by molar-refractivity contribution is 7.92. The second kappa shape index (κ2) is 5.27. The lowest BCUT2D eigenvalue weighted by atomic mass is 10.2. The molecule has 0 fully saturated rings. The van der Waals surface area contributed by atoms with Gasteiger partial charge >= 0.3 is 0 Å². The number of sulfonamides is 1. The molecular formula is C13H8F2N2O2S. The summed E-state index contributed by atoms with van der Waals surface area (Å²) < 4.78 is 52.7. The van der Waals surface area contributed by atoms with Gasteiger partial charge < -0.3 is 0 Å². The van der Waals surface area contributed by atoms with Gasteiger partial charge in [-0.15, -0.1) is 0 Å². The number of nitrogens with one attached hydrogen (secondary N) is 1. The SMILES string of the molecule is N#Cc1cccc(S(=O)(=O)Nc2c(F)cccc2F)c1. The first kappa shape index (κ1) is 14.0. The lowest BCUT2D eigenvalue weighted by molar-refractivity contribution is 0.583. The first-order valence-corrected chi connectivity index (χ1v) is 6.89. The lowest BCUT2D eigenvalue weighted by Crippen LogP contribution is -2.15. The smallest absolute Gasteiger partial charge is 0.262 e.